The molecule has 0 N–H and O–H groups in total. The lowest BCUT2D eigenvalue weighted by Crippen LogP contribution is -1.99. The Balaban J connectivity index is 1.50. The molecule has 6 nitrogen and oxygen atoms in total. The van der Waals surface area contributed by atoms with Crippen molar-refractivity contribution >= 4 is 23.1 Å². The highest BCUT2D eigenvalue weighted by Gasteiger charge is 2.15. The first kappa shape index (κ1) is 17.0. The number of aryl methyl sites for hydroxylation is 1. The summed E-state index contributed by atoms with van der Waals surface area (Å²) in [5.41, 5.74) is 3.19. The molecule has 3 heterocycles. The number of benzene rings is 1. The van der Waals surface area contributed by atoms with Gasteiger partial charge in [0.15, 0.2) is 16.8 Å². The third kappa shape index (κ3) is 3.42. The number of hydrogen-bond donors (Lipinski definition) is 0. The predicted molar refractivity (Wildman–Crippen MR) is 103 cm³/mol. The van der Waals surface area contributed by atoms with Gasteiger partial charge in [0.1, 0.15) is 0 Å². The van der Waals surface area contributed by atoms with Gasteiger partial charge >= 0.3 is 0 Å². The highest BCUT2D eigenvalue weighted by molar-refractivity contribution is 7.98. The van der Waals surface area contributed by atoms with E-state index in [0.717, 1.165) is 34.2 Å². The van der Waals surface area contributed by atoms with E-state index in [1.807, 2.05) is 36.6 Å². The van der Waals surface area contributed by atoms with Crippen LogP contribution in [0.4, 0.5) is 0 Å². The number of nitrogens with zero attached hydrogens (tertiary/aromatic N) is 5. The van der Waals surface area contributed by atoms with Crippen LogP contribution in [0.25, 0.3) is 22.8 Å². The molecule has 1 aromatic carbocycles. The van der Waals surface area contributed by atoms with Crippen molar-refractivity contribution in [2.24, 2.45) is 0 Å². The number of aromatic nitrogens is 5. The molecule has 0 fully saturated rings. The zero-order chi connectivity index (χ0) is 17.9. The quantitative estimate of drug-likeness (QED) is 0.450. The summed E-state index contributed by atoms with van der Waals surface area (Å²) in [5.74, 6) is 2.66. The van der Waals surface area contributed by atoms with Gasteiger partial charge in [-0.05, 0) is 37.4 Å². The van der Waals surface area contributed by atoms with Gasteiger partial charge in [0, 0.05) is 23.1 Å². The fourth-order valence-corrected chi connectivity index (χ4v) is 4.10. The van der Waals surface area contributed by atoms with E-state index in [9.17, 15) is 0 Å². The Hall–Kier alpha value is -2.45. The van der Waals surface area contributed by atoms with E-state index >= 15 is 0 Å². The van der Waals surface area contributed by atoms with Gasteiger partial charge in [0.2, 0.25) is 0 Å². The molecule has 0 atom stereocenters. The molecule has 0 unspecified atom stereocenters. The van der Waals surface area contributed by atoms with Crippen LogP contribution in [0.15, 0.2) is 50.8 Å². The lowest BCUT2D eigenvalue weighted by molar-refractivity contribution is 0.425. The number of rotatable bonds is 6. The Morgan fingerprint density at radius 2 is 2.12 bits per heavy atom. The maximum Gasteiger partial charge on any atom is 0.257 e. The summed E-state index contributed by atoms with van der Waals surface area (Å²) in [6.45, 7) is 4.94. The van der Waals surface area contributed by atoms with Gasteiger partial charge < -0.3 is 9.09 Å². The monoisotopic (exact) mass is 383 g/mol. The molecule has 132 valence electrons. The summed E-state index contributed by atoms with van der Waals surface area (Å²) >= 11 is 3.22. The van der Waals surface area contributed by atoms with Crippen molar-refractivity contribution in [3.63, 3.8) is 0 Å². The predicted octanol–water partition coefficient (Wildman–Crippen LogP) is 4.68. The third-order valence-corrected chi connectivity index (χ3v) is 5.52. The smallest absolute Gasteiger partial charge is 0.257 e. The zero-order valence-corrected chi connectivity index (χ0v) is 16.0. The van der Waals surface area contributed by atoms with E-state index in [2.05, 4.69) is 43.3 Å². The van der Waals surface area contributed by atoms with Crippen LogP contribution in [0, 0.1) is 6.92 Å². The Labute approximate surface area is 159 Å². The lowest BCUT2D eigenvalue weighted by Gasteiger charge is -2.04. The van der Waals surface area contributed by atoms with Gasteiger partial charge in [0.25, 0.3) is 5.89 Å². The van der Waals surface area contributed by atoms with Crippen LogP contribution >= 0.6 is 23.1 Å². The summed E-state index contributed by atoms with van der Waals surface area (Å²) in [6.07, 6.45) is 0. The molecule has 4 aromatic rings. The minimum absolute atomic E-state index is 0.542. The second-order valence-electron chi connectivity index (χ2n) is 5.74. The summed E-state index contributed by atoms with van der Waals surface area (Å²) < 4.78 is 7.50. The molecule has 0 aliphatic carbocycles. The van der Waals surface area contributed by atoms with E-state index in [0.29, 0.717) is 17.5 Å². The van der Waals surface area contributed by atoms with E-state index in [4.69, 9.17) is 4.52 Å². The van der Waals surface area contributed by atoms with Crippen molar-refractivity contribution in [1.29, 1.82) is 0 Å². The van der Waals surface area contributed by atoms with Crippen LogP contribution in [0.3, 0.4) is 0 Å². The lowest BCUT2D eigenvalue weighted by atomic mass is 10.1. The zero-order valence-electron chi connectivity index (χ0n) is 14.4. The van der Waals surface area contributed by atoms with Gasteiger partial charge in [-0.25, -0.2) is 0 Å². The van der Waals surface area contributed by atoms with Crippen molar-refractivity contribution in [3.8, 4) is 22.8 Å². The molecule has 0 bridgehead atoms. The number of thiophene rings is 1. The minimum Gasteiger partial charge on any atom is -0.334 e. The highest BCUT2D eigenvalue weighted by Crippen LogP contribution is 2.27. The first-order valence-electron chi connectivity index (χ1n) is 8.23. The Kier molecular flexibility index (Phi) is 4.85. The number of hydrogen-bond acceptors (Lipinski definition) is 7. The molecular weight excluding hydrogens is 366 g/mol. The van der Waals surface area contributed by atoms with E-state index < -0.39 is 0 Å². The van der Waals surface area contributed by atoms with Crippen LogP contribution in [0.1, 0.15) is 18.3 Å². The van der Waals surface area contributed by atoms with E-state index in [1.54, 1.807) is 23.1 Å². The fraction of sp³-hybridized carbons (Fsp3) is 0.222. The molecule has 0 radical (unpaired) electrons. The maximum atomic E-state index is 5.40. The fourth-order valence-electron chi connectivity index (χ4n) is 2.62. The van der Waals surface area contributed by atoms with Gasteiger partial charge in [-0.2, -0.15) is 16.3 Å². The van der Waals surface area contributed by atoms with Crippen LogP contribution in [0.5, 0.6) is 0 Å². The summed E-state index contributed by atoms with van der Waals surface area (Å²) in [7, 11) is 0. The normalized spacial score (nSPS) is 11.2. The molecule has 0 aliphatic heterocycles. The molecule has 0 spiro atoms. The average molecular weight is 384 g/mol. The van der Waals surface area contributed by atoms with Gasteiger partial charge in [-0.3, -0.25) is 0 Å². The summed E-state index contributed by atoms with van der Waals surface area (Å²) in [6, 6.07) is 10.1. The Bertz CT molecular complexity index is 1010. The standard InChI is InChI=1S/C18H17N5OS2/c1-3-23-16(14-7-8-25-10-14)20-21-18(23)26-11-15-19-17(24-22-15)13-6-4-5-12(2)9-13/h4-10H,3,11H2,1-2H3. The Morgan fingerprint density at radius 3 is 2.88 bits per heavy atom. The highest BCUT2D eigenvalue weighted by atomic mass is 32.2. The Morgan fingerprint density at radius 1 is 1.19 bits per heavy atom. The largest absolute Gasteiger partial charge is 0.334 e. The van der Waals surface area contributed by atoms with E-state index in [-0.39, 0.29) is 0 Å². The molecule has 0 saturated heterocycles. The van der Waals surface area contributed by atoms with Gasteiger partial charge in [-0.15, -0.1) is 10.2 Å². The molecule has 0 saturated carbocycles. The van der Waals surface area contributed by atoms with Crippen LogP contribution in [-0.4, -0.2) is 24.9 Å². The van der Waals surface area contributed by atoms with E-state index in [1.165, 1.54) is 0 Å². The first-order valence-corrected chi connectivity index (χ1v) is 10.2. The summed E-state index contributed by atoms with van der Waals surface area (Å²) in [5, 5.41) is 17.7. The first-order chi connectivity index (χ1) is 12.7. The van der Waals surface area contributed by atoms with Gasteiger partial charge in [-0.1, -0.05) is 34.6 Å². The average Bonchev–Trinajstić information content (AvgIpc) is 3.39. The van der Waals surface area contributed by atoms with Crippen molar-refractivity contribution in [2.75, 3.05) is 0 Å². The van der Waals surface area contributed by atoms with Crippen molar-refractivity contribution in [2.45, 2.75) is 31.3 Å². The van der Waals surface area contributed by atoms with Crippen molar-refractivity contribution in [3.05, 3.63) is 52.5 Å². The third-order valence-electron chi connectivity index (χ3n) is 3.88. The van der Waals surface area contributed by atoms with Crippen LogP contribution in [-0.2, 0) is 12.3 Å². The van der Waals surface area contributed by atoms with Crippen LogP contribution in [0.2, 0.25) is 0 Å². The maximum absolute atomic E-state index is 5.40. The van der Waals surface area contributed by atoms with Crippen molar-refractivity contribution in [1.82, 2.24) is 24.9 Å². The molecule has 0 aliphatic rings. The van der Waals surface area contributed by atoms with Gasteiger partial charge in [0.05, 0.1) is 5.75 Å². The molecule has 26 heavy (non-hydrogen) atoms. The molecule has 3 aromatic heterocycles. The van der Waals surface area contributed by atoms with Crippen LogP contribution < -0.4 is 0 Å². The second-order valence-corrected chi connectivity index (χ2v) is 7.46. The number of thioether (sulfide) groups is 1. The minimum atomic E-state index is 0.542. The molecule has 8 heteroatoms. The van der Waals surface area contributed by atoms with Crippen molar-refractivity contribution < 1.29 is 4.52 Å². The summed E-state index contributed by atoms with van der Waals surface area (Å²) in [4.78, 5) is 4.49. The molecule has 4 rings (SSSR count). The topological polar surface area (TPSA) is 69.6 Å². The molecular formula is C18H17N5OS2. The SMILES string of the molecule is CCn1c(SCc2noc(-c3cccc(C)c3)n2)nnc1-c1ccsc1. The second kappa shape index (κ2) is 7.43. The molecule has 0 amide bonds.